The minimum Gasteiger partial charge on any atom is -0.310 e. The van der Waals surface area contributed by atoms with Crippen LogP contribution in [0.3, 0.4) is 0 Å². The first-order valence-corrected chi connectivity index (χ1v) is 20.0. The summed E-state index contributed by atoms with van der Waals surface area (Å²) in [6, 6.07) is 55.2. The summed E-state index contributed by atoms with van der Waals surface area (Å²) in [6.07, 6.45) is 0. The second-order valence-corrected chi connectivity index (χ2v) is 17.0. The van der Waals surface area contributed by atoms with Crippen LogP contribution in [0, 0.1) is 0 Å². The third-order valence-corrected chi connectivity index (χ3v) is 13.2. The summed E-state index contributed by atoms with van der Waals surface area (Å²) in [5.74, 6) is 0. The van der Waals surface area contributed by atoms with Crippen molar-refractivity contribution in [3.8, 4) is 27.9 Å². The number of anilines is 3. The summed E-state index contributed by atoms with van der Waals surface area (Å²) in [5.41, 5.74) is 20.7. The zero-order chi connectivity index (χ0) is 38.0. The summed E-state index contributed by atoms with van der Waals surface area (Å²) < 4.78 is 2.51. The van der Waals surface area contributed by atoms with Crippen LogP contribution in [0.2, 0.25) is 0 Å². The highest BCUT2D eigenvalue weighted by Crippen LogP contribution is 2.54. The molecule has 1 aromatic heterocycles. The van der Waals surface area contributed by atoms with Crippen LogP contribution in [0.15, 0.2) is 146 Å². The average molecular weight is 713 g/mol. The fourth-order valence-electron chi connectivity index (χ4n) is 10.4. The lowest BCUT2D eigenvalue weighted by Gasteiger charge is -2.34. The highest BCUT2D eigenvalue weighted by atomic mass is 15.1. The van der Waals surface area contributed by atoms with Crippen molar-refractivity contribution in [3.05, 3.63) is 179 Å². The Balaban J connectivity index is 0.00000183. The molecule has 0 amide bonds. The quantitative estimate of drug-likeness (QED) is 0.177. The van der Waals surface area contributed by atoms with Gasteiger partial charge in [-0.2, -0.15) is 0 Å². The van der Waals surface area contributed by atoms with E-state index in [9.17, 15) is 0 Å². The Labute approximate surface area is 325 Å². The molecule has 270 valence electrons. The molecule has 2 aliphatic carbocycles. The van der Waals surface area contributed by atoms with Crippen molar-refractivity contribution >= 4 is 38.9 Å². The van der Waals surface area contributed by atoms with E-state index in [1.54, 1.807) is 0 Å². The van der Waals surface area contributed by atoms with E-state index in [1.807, 2.05) is 13.8 Å². The van der Waals surface area contributed by atoms with Crippen LogP contribution < -0.4 is 4.90 Å². The highest BCUT2D eigenvalue weighted by molar-refractivity contribution is 6.13. The Kier molecular flexibility index (Phi) is 7.09. The first-order valence-electron chi connectivity index (χ1n) is 20.0. The summed E-state index contributed by atoms with van der Waals surface area (Å²) >= 11 is 0. The average Bonchev–Trinajstić information content (AvgIpc) is 3.75. The molecule has 3 aliphatic rings. The fraction of sp³-hybridized carbons (Fsp3) is 0.208. The van der Waals surface area contributed by atoms with Crippen LogP contribution in [-0.2, 0) is 16.2 Å². The molecule has 0 N–H and O–H groups in total. The number of benzene rings is 7. The van der Waals surface area contributed by atoms with Crippen LogP contribution >= 0.6 is 0 Å². The monoisotopic (exact) mass is 712 g/mol. The highest BCUT2D eigenvalue weighted by Gasteiger charge is 2.39. The van der Waals surface area contributed by atoms with E-state index in [0.29, 0.717) is 0 Å². The van der Waals surface area contributed by atoms with Gasteiger partial charge in [0, 0.05) is 44.1 Å². The standard InChI is InChI=1S/C51H42N2.C2H6/c1-49(2)40-17-9-7-14-34(40)36-25-22-32(29-44(36)49)52(33-23-26-37-35-15-8-10-18-41(35)50(3,4)45(37)30-33)31-24-27-46-39(28-31)38-16-13-20-43-48(38)53(46)47-21-12-11-19-42(47)51(43,5)6;1-2/h7-30H,1-6H3;1-2H3. The van der Waals surface area contributed by atoms with Gasteiger partial charge >= 0.3 is 0 Å². The van der Waals surface area contributed by atoms with Gasteiger partial charge in [0.05, 0.1) is 16.7 Å². The van der Waals surface area contributed by atoms with Gasteiger partial charge in [-0.3, -0.25) is 0 Å². The topological polar surface area (TPSA) is 8.17 Å². The second-order valence-electron chi connectivity index (χ2n) is 17.0. The molecule has 0 radical (unpaired) electrons. The zero-order valence-electron chi connectivity index (χ0n) is 33.3. The van der Waals surface area contributed by atoms with Gasteiger partial charge in [-0.15, -0.1) is 0 Å². The molecular weight excluding hydrogens is 665 g/mol. The van der Waals surface area contributed by atoms with E-state index in [0.717, 1.165) is 5.69 Å². The van der Waals surface area contributed by atoms with E-state index in [-0.39, 0.29) is 16.2 Å². The normalized spacial score (nSPS) is 15.7. The maximum Gasteiger partial charge on any atom is 0.0582 e. The Morgan fingerprint density at radius 1 is 0.382 bits per heavy atom. The molecule has 0 saturated carbocycles. The van der Waals surface area contributed by atoms with E-state index in [1.165, 1.54) is 94.5 Å². The molecule has 11 rings (SSSR count). The Hall–Kier alpha value is -5.86. The SMILES string of the molecule is CC.CC1(C)c2ccccc2-c2ccc(N(c3ccc4c(c3)C(C)(C)c3ccccc3-4)c3ccc4c(c3)c3cccc5c3n4-c3ccccc3C5(C)C)cc21. The van der Waals surface area contributed by atoms with Crippen LogP contribution in [0.4, 0.5) is 17.1 Å². The van der Waals surface area contributed by atoms with Gasteiger partial charge in [-0.05, 0) is 104 Å². The molecule has 2 heterocycles. The Morgan fingerprint density at radius 2 is 0.836 bits per heavy atom. The van der Waals surface area contributed by atoms with Crippen molar-refractivity contribution in [1.82, 2.24) is 4.57 Å². The lowest BCUT2D eigenvalue weighted by atomic mass is 9.75. The van der Waals surface area contributed by atoms with Crippen LogP contribution in [0.1, 0.15) is 88.8 Å². The van der Waals surface area contributed by atoms with Gasteiger partial charge < -0.3 is 9.47 Å². The van der Waals surface area contributed by atoms with E-state index in [4.69, 9.17) is 0 Å². The number of hydrogen-bond acceptors (Lipinski definition) is 1. The lowest BCUT2D eigenvalue weighted by Crippen LogP contribution is -2.26. The molecule has 2 heteroatoms. The van der Waals surface area contributed by atoms with Crippen molar-refractivity contribution < 1.29 is 0 Å². The van der Waals surface area contributed by atoms with Crippen LogP contribution in [-0.4, -0.2) is 4.57 Å². The molecule has 8 aromatic rings. The largest absolute Gasteiger partial charge is 0.310 e. The number of para-hydroxylation sites is 2. The molecule has 0 spiro atoms. The minimum absolute atomic E-state index is 0.0983. The number of fused-ring (bicyclic) bond motifs is 11. The molecule has 0 fully saturated rings. The first kappa shape index (κ1) is 33.7. The molecule has 7 aromatic carbocycles. The molecular formula is C53H48N2. The molecule has 1 aliphatic heterocycles. The van der Waals surface area contributed by atoms with Gasteiger partial charge in [-0.25, -0.2) is 0 Å². The maximum atomic E-state index is 2.51. The molecule has 0 saturated heterocycles. The number of hydrogen-bond donors (Lipinski definition) is 0. The van der Waals surface area contributed by atoms with Gasteiger partial charge in [-0.1, -0.05) is 152 Å². The minimum atomic E-state index is -0.0988. The van der Waals surface area contributed by atoms with Gasteiger partial charge in [0.1, 0.15) is 0 Å². The second kappa shape index (κ2) is 11.6. The van der Waals surface area contributed by atoms with Gasteiger partial charge in [0.15, 0.2) is 0 Å². The summed E-state index contributed by atoms with van der Waals surface area (Å²) in [4.78, 5) is 2.50. The van der Waals surface area contributed by atoms with E-state index >= 15 is 0 Å². The Bertz CT molecular complexity index is 2770. The summed E-state index contributed by atoms with van der Waals surface area (Å²) in [6.45, 7) is 18.2. The van der Waals surface area contributed by atoms with Crippen LogP contribution in [0.25, 0.3) is 49.7 Å². The van der Waals surface area contributed by atoms with Crippen LogP contribution in [0.5, 0.6) is 0 Å². The number of rotatable bonds is 3. The van der Waals surface area contributed by atoms with Crippen molar-refractivity contribution in [2.75, 3.05) is 4.90 Å². The molecule has 2 nitrogen and oxygen atoms in total. The van der Waals surface area contributed by atoms with Crippen molar-refractivity contribution in [2.45, 2.75) is 71.6 Å². The lowest BCUT2D eigenvalue weighted by molar-refractivity contribution is 0.630. The fourth-order valence-corrected chi connectivity index (χ4v) is 10.4. The predicted molar refractivity (Wildman–Crippen MR) is 234 cm³/mol. The molecule has 0 unspecified atom stereocenters. The Morgan fingerprint density at radius 3 is 1.44 bits per heavy atom. The summed E-state index contributed by atoms with van der Waals surface area (Å²) in [5, 5.41) is 2.58. The molecule has 55 heavy (non-hydrogen) atoms. The predicted octanol–water partition coefficient (Wildman–Crippen LogP) is 14.5. The first-order chi connectivity index (χ1) is 26.6. The number of aromatic nitrogens is 1. The van der Waals surface area contributed by atoms with Crippen molar-refractivity contribution in [1.29, 1.82) is 0 Å². The van der Waals surface area contributed by atoms with Crippen molar-refractivity contribution in [2.24, 2.45) is 0 Å². The maximum absolute atomic E-state index is 2.51. The molecule has 0 bridgehead atoms. The molecule has 0 atom stereocenters. The van der Waals surface area contributed by atoms with Crippen molar-refractivity contribution in [3.63, 3.8) is 0 Å². The number of nitrogens with zero attached hydrogens (tertiary/aromatic N) is 2. The van der Waals surface area contributed by atoms with E-state index in [2.05, 4.69) is 197 Å². The third-order valence-electron chi connectivity index (χ3n) is 13.2. The van der Waals surface area contributed by atoms with Gasteiger partial charge in [0.25, 0.3) is 0 Å². The van der Waals surface area contributed by atoms with Gasteiger partial charge in [0.2, 0.25) is 0 Å². The summed E-state index contributed by atoms with van der Waals surface area (Å²) in [7, 11) is 0. The third kappa shape index (κ3) is 4.43. The smallest absolute Gasteiger partial charge is 0.0582 e. The zero-order valence-corrected chi connectivity index (χ0v) is 33.3. The van der Waals surface area contributed by atoms with E-state index < -0.39 is 0 Å².